The van der Waals surface area contributed by atoms with Crippen LogP contribution in [-0.2, 0) is 11.3 Å². The van der Waals surface area contributed by atoms with E-state index in [0.29, 0.717) is 5.56 Å². The molecule has 0 aliphatic heterocycles. The Morgan fingerprint density at radius 2 is 2.00 bits per heavy atom. The Kier molecular flexibility index (Phi) is 4.53. The summed E-state index contributed by atoms with van der Waals surface area (Å²) in [5.74, 6) is -0.124. The molecule has 0 bridgehead atoms. The normalized spacial score (nSPS) is 10.8. The Bertz CT molecular complexity index is 944. The Balaban J connectivity index is 1.88. The lowest BCUT2D eigenvalue weighted by molar-refractivity contribution is -0.116. The highest BCUT2D eigenvalue weighted by Crippen LogP contribution is 2.24. The maximum atomic E-state index is 12.4. The predicted octanol–water partition coefficient (Wildman–Crippen LogP) is 4.47. The fourth-order valence-corrected chi connectivity index (χ4v) is 3.10. The van der Waals surface area contributed by atoms with Gasteiger partial charge in [-0.2, -0.15) is 0 Å². The number of aromatic nitrogens is 1. The number of hydrogen-bond donors (Lipinski definition) is 1. The van der Waals surface area contributed by atoms with Gasteiger partial charge in [0.25, 0.3) is 0 Å². The molecule has 24 heavy (non-hydrogen) atoms. The minimum Gasteiger partial charge on any atom is -0.337 e. The summed E-state index contributed by atoms with van der Waals surface area (Å²) in [6, 6.07) is 11.6. The van der Waals surface area contributed by atoms with Gasteiger partial charge in [-0.05, 0) is 49.2 Å². The SMILES string of the molecule is Cc1ccc(C)c(NC(=O)Cn2cc(C=O)c3cc(Br)ccc32)c1. The van der Waals surface area contributed by atoms with Gasteiger partial charge in [0.05, 0.1) is 0 Å². The number of nitrogens with zero attached hydrogens (tertiary/aromatic N) is 1. The summed E-state index contributed by atoms with van der Waals surface area (Å²) in [6.07, 6.45) is 2.53. The van der Waals surface area contributed by atoms with Gasteiger partial charge in [0.15, 0.2) is 6.29 Å². The smallest absolute Gasteiger partial charge is 0.244 e. The van der Waals surface area contributed by atoms with E-state index in [0.717, 1.165) is 38.5 Å². The van der Waals surface area contributed by atoms with Crippen LogP contribution in [-0.4, -0.2) is 16.8 Å². The molecule has 0 radical (unpaired) electrons. The number of carbonyl (C=O) groups excluding carboxylic acids is 2. The van der Waals surface area contributed by atoms with Crippen molar-refractivity contribution in [3.8, 4) is 0 Å². The molecule has 0 aliphatic rings. The van der Waals surface area contributed by atoms with Crippen LogP contribution >= 0.6 is 15.9 Å². The molecule has 0 aliphatic carbocycles. The van der Waals surface area contributed by atoms with Gasteiger partial charge in [-0.1, -0.05) is 28.1 Å². The van der Waals surface area contributed by atoms with E-state index in [9.17, 15) is 9.59 Å². The molecule has 1 heterocycles. The molecule has 5 heteroatoms. The fourth-order valence-electron chi connectivity index (χ4n) is 2.74. The third-order valence-corrected chi connectivity index (χ3v) is 4.48. The van der Waals surface area contributed by atoms with Crippen LogP contribution in [0.4, 0.5) is 5.69 Å². The highest BCUT2D eigenvalue weighted by Gasteiger charge is 2.12. The molecular weight excluding hydrogens is 368 g/mol. The predicted molar refractivity (Wildman–Crippen MR) is 99.6 cm³/mol. The third kappa shape index (κ3) is 3.26. The van der Waals surface area contributed by atoms with Crippen molar-refractivity contribution in [2.24, 2.45) is 0 Å². The lowest BCUT2D eigenvalue weighted by atomic mass is 10.1. The molecule has 1 amide bonds. The van der Waals surface area contributed by atoms with Gasteiger partial charge in [0.1, 0.15) is 6.54 Å². The van der Waals surface area contributed by atoms with Crippen molar-refractivity contribution < 1.29 is 9.59 Å². The molecule has 2 aromatic carbocycles. The number of amides is 1. The van der Waals surface area contributed by atoms with Gasteiger partial charge in [-0.3, -0.25) is 9.59 Å². The van der Waals surface area contributed by atoms with Crippen molar-refractivity contribution in [1.82, 2.24) is 4.57 Å². The minimum atomic E-state index is -0.124. The molecule has 0 spiro atoms. The highest BCUT2D eigenvalue weighted by atomic mass is 79.9. The molecule has 3 aromatic rings. The highest BCUT2D eigenvalue weighted by molar-refractivity contribution is 9.10. The molecule has 122 valence electrons. The lowest BCUT2D eigenvalue weighted by Crippen LogP contribution is -2.18. The van der Waals surface area contributed by atoms with Crippen molar-refractivity contribution in [1.29, 1.82) is 0 Å². The zero-order chi connectivity index (χ0) is 17.3. The maximum absolute atomic E-state index is 12.4. The molecule has 0 saturated carbocycles. The molecule has 1 N–H and O–H groups in total. The van der Waals surface area contributed by atoms with E-state index in [-0.39, 0.29) is 12.5 Å². The monoisotopic (exact) mass is 384 g/mol. The number of rotatable bonds is 4. The second kappa shape index (κ2) is 6.61. The van der Waals surface area contributed by atoms with Crippen molar-refractivity contribution in [3.63, 3.8) is 0 Å². The number of nitrogens with one attached hydrogen (secondary N) is 1. The molecule has 3 rings (SSSR count). The summed E-state index contributed by atoms with van der Waals surface area (Å²) in [5, 5.41) is 3.78. The first kappa shape index (κ1) is 16.5. The number of anilines is 1. The summed E-state index contributed by atoms with van der Waals surface area (Å²) < 4.78 is 2.70. The largest absolute Gasteiger partial charge is 0.337 e. The van der Waals surface area contributed by atoms with Crippen LogP contribution in [0.2, 0.25) is 0 Å². The zero-order valence-electron chi connectivity index (χ0n) is 13.5. The quantitative estimate of drug-likeness (QED) is 0.674. The van der Waals surface area contributed by atoms with Crippen LogP contribution in [0.3, 0.4) is 0 Å². The van der Waals surface area contributed by atoms with Gasteiger partial charge in [0, 0.05) is 32.8 Å². The molecule has 0 atom stereocenters. The maximum Gasteiger partial charge on any atom is 0.244 e. The van der Waals surface area contributed by atoms with E-state index in [1.54, 1.807) is 10.8 Å². The summed E-state index contributed by atoms with van der Waals surface area (Å²) in [6.45, 7) is 4.10. The van der Waals surface area contributed by atoms with Crippen molar-refractivity contribution in [3.05, 3.63) is 63.8 Å². The molecular formula is C19H17BrN2O2. The van der Waals surface area contributed by atoms with E-state index in [1.807, 2.05) is 50.2 Å². The molecule has 1 aromatic heterocycles. The molecule has 0 saturated heterocycles. The Morgan fingerprint density at radius 3 is 2.75 bits per heavy atom. The Morgan fingerprint density at radius 1 is 1.21 bits per heavy atom. The van der Waals surface area contributed by atoms with Crippen LogP contribution in [0, 0.1) is 13.8 Å². The second-order valence-electron chi connectivity index (χ2n) is 5.86. The van der Waals surface area contributed by atoms with Crippen LogP contribution in [0.25, 0.3) is 10.9 Å². The first-order valence-electron chi connectivity index (χ1n) is 7.58. The number of halogens is 1. The van der Waals surface area contributed by atoms with Crippen LogP contribution < -0.4 is 5.32 Å². The molecule has 4 nitrogen and oxygen atoms in total. The van der Waals surface area contributed by atoms with Crippen LogP contribution in [0.15, 0.2) is 47.1 Å². The second-order valence-corrected chi connectivity index (χ2v) is 6.77. The molecule has 0 fully saturated rings. The number of fused-ring (bicyclic) bond motifs is 1. The first-order chi connectivity index (χ1) is 11.5. The number of aldehydes is 1. The Hall–Kier alpha value is -2.40. The van der Waals surface area contributed by atoms with E-state index in [2.05, 4.69) is 21.2 Å². The lowest BCUT2D eigenvalue weighted by Gasteiger charge is -2.10. The number of benzene rings is 2. The average Bonchev–Trinajstić information content (AvgIpc) is 2.87. The van der Waals surface area contributed by atoms with Crippen molar-refractivity contribution in [2.45, 2.75) is 20.4 Å². The van der Waals surface area contributed by atoms with E-state index >= 15 is 0 Å². The van der Waals surface area contributed by atoms with Crippen LogP contribution in [0.5, 0.6) is 0 Å². The van der Waals surface area contributed by atoms with Gasteiger partial charge in [0.2, 0.25) is 5.91 Å². The number of carbonyl (C=O) groups is 2. The third-order valence-electron chi connectivity index (χ3n) is 3.98. The van der Waals surface area contributed by atoms with Gasteiger partial charge in [-0.15, -0.1) is 0 Å². The summed E-state index contributed by atoms with van der Waals surface area (Å²) in [4.78, 5) is 23.7. The van der Waals surface area contributed by atoms with Crippen LogP contribution in [0.1, 0.15) is 21.5 Å². The summed E-state index contributed by atoms with van der Waals surface area (Å²) in [5.41, 5.74) is 4.36. The van der Waals surface area contributed by atoms with Crippen molar-refractivity contribution in [2.75, 3.05) is 5.32 Å². The standard InChI is InChI=1S/C19H17BrN2O2/c1-12-3-4-13(2)17(7-12)21-19(24)10-22-9-14(11-23)16-8-15(20)5-6-18(16)22/h3-9,11H,10H2,1-2H3,(H,21,24). The number of hydrogen-bond acceptors (Lipinski definition) is 2. The van der Waals surface area contributed by atoms with Crippen molar-refractivity contribution >= 4 is 44.7 Å². The average molecular weight is 385 g/mol. The van der Waals surface area contributed by atoms with E-state index in [1.165, 1.54) is 0 Å². The molecule has 0 unspecified atom stereocenters. The summed E-state index contributed by atoms with van der Waals surface area (Å²) >= 11 is 3.41. The Labute approximate surface area is 148 Å². The van der Waals surface area contributed by atoms with Gasteiger partial charge in [-0.25, -0.2) is 0 Å². The van der Waals surface area contributed by atoms with Gasteiger partial charge >= 0.3 is 0 Å². The zero-order valence-corrected chi connectivity index (χ0v) is 15.1. The number of aryl methyl sites for hydroxylation is 2. The summed E-state index contributed by atoms with van der Waals surface area (Å²) in [7, 11) is 0. The van der Waals surface area contributed by atoms with E-state index < -0.39 is 0 Å². The fraction of sp³-hybridized carbons (Fsp3) is 0.158. The topological polar surface area (TPSA) is 51.1 Å². The minimum absolute atomic E-state index is 0.124. The van der Waals surface area contributed by atoms with Gasteiger partial charge < -0.3 is 9.88 Å². The van der Waals surface area contributed by atoms with E-state index in [4.69, 9.17) is 0 Å². The first-order valence-corrected chi connectivity index (χ1v) is 8.38.